The van der Waals surface area contributed by atoms with Crippen LogP contribution in [0.3, 0.4) is 0 Å². The van der Waals surface area contributed by atoms with Crippen molar-refractivity contribution in [2.24, 2.45) is 0 Å². The molecule has 17 heavy (non-hydrogen) atoms. The van der Waals surface area contributed by atoms with Crippen molar-refractivity contribution in [3.8, 4) is 5.75 Å². The Balaban J connectivity index is 2.24. The molecule has 5 nitrogen and oxygen atoms in total. The van der Waals surface area contributed by atoms with Crippen molar-refractivity contribution in [3.05, 3.63) is 43.0 Å². The summed E-state index contributed by atoms with van der Waals surface area (Å²) in [6.07, 6.45) is 4.65. The van der Waals surface area contributed by atoms with Crippen molar-refractivity contribution in [2.45, 2.75) is 0 Å². The fourth-order valence-electron chi connectivity index (χ4n) is 1.48. The highest BCUT2D eigenvalue weighted by Gasteiger charge is 2.12. The largest absolute Gasteiger partial charge is 0.497 e. The molecule has 0 aliphatic heterocycles. The van der Waals surface area contributed by atoms with Crippen molar-refractivity contribution in [3.63, 3.8) is 0 Å². The van der Waals surface area contributed by atoms with E-state index in [2.05, 4.69) is 4.98 Å². The summed E-state index contributed by atoms with van der Waals surface area (Å²) in [6.45, 7) is 0. The first-order valence-corrected chi connectivity index (χ1v) is 5.12. The Hall–Kier alpha value is -2.30. The molecule has 1 aromatic carbocycles. The molecule has 0 bridgehead atoms. The van der Waals surface area contributed by atoms with Gasteiger partial charge < -0.3 is 4.74 Å². The molecule has 0 spiro atoms. The van der Waals surface area contributed by atoms with Crippen LogP contribution in [-0.4, -0.2) is 29.7 Å². The zero-order valence-corrected chi connectivity index (χ0v) is 9.70. The average molecular weight is 231 g/mol. The molecule has 88 valence electrons. The van der Waals surface area contributed by atoms with Gasteiger partial charge in [-0.1, -0.05) is 6.07 Å². The first-order chi connectivity index (χ1) is 8.22. The number of imidazole rings is 1. The van der Waals surface area contributed by atoms with Crippen LogP contribution in [-0.2, 0) is 0 Å². The Morgan fingerprint density at radius 1 is 1.47 bits per heavy atom. The summed E-state index contributed by atoms with van der Waals surface area (Å²) in [5.74, 6) is 0.716. The van der Waals surface area contributed by atoms with Gasteiger partial charge in [-0.25, -0.2) is 9.78 Å². The zero-order chi connectivity index (χ0) is 12.3. The van der Waals surface area contributed by atoms with E-state index in [1.807, 2.05) is 18.2 Å². The topological polar surface area (TPSA) is 47.4 Å². The normalized spacial score (nSPS) is 10.0. The molecule has 0 fully saturated rings. The van der Waals surface area contributed by atoms with Gasteiger partial charge in [0.05, 0.1) is 7.11 Å². The van der Waals surface area contributed by atoms with Crippen molar-refractivity contribution in [2.75, 3.05) is 19.1 Å². The van der Waals surface area contributed by atoms with Gasteiger partial charge in [0.2, 0.25) is 0 Å². The predicted octanol–water partition coefficient (Wildman–Crippen LogP) is 2.00. The number of benzene rings is 1. The van der Waals surface area contributed by atoms with E-state index < -0.39 is 0 Å². The minimum absolute atomic E-state index is 0.171. The van der Waals surface area contributed by atoms with Gasteiger partial charge in [-0.3, -0.25) is 9.47 Å². The minimum atomic E-state index is -0.171. The summed E-state index contributed by atoms with van der Waals surface area (Å²) < 4.78 is 6.53. The van der Waals surface area contributed by atoms with Crippen molar-refractivity contribution in [1.82, 2.24) is 9.55 Å². The number of anilines is 1. The fraction of sp³-hybridized carbons (Fsp3) is 0.167. The number of nitrogens with zero attached hydrogens (tertiary/aromatic N) is 3. The van der Waals surface area contributed by atoms with E-state index in [1.54, 1.807) is 32.6 Å². The molecule has 5 heteroatoms. The number of hydrogen-bond donors (Lipinski definition) is 0. The Morgan fingerprint density at radius 3 is 2.94 bits per heavy atom. The molecular formula is C12H13N3O2. The molecule has 0 saturated heterocycles. The number of carbonyl (C=O) groups is 1. The standard InChI is InChI=1S/C12H13N3O2/c1-14(12(16)15-7-6-13-9-15)10-4-3-5-11(8-10)17-2/h3-9H,1-2H3. The second-order valence-electron chi connectivity index (χ2n) is 3.51. The summed E-state index contributed by atoms with van der Waals surface area (Å²) >= 11 is 0. The van der Waals surface area contributed by atoms with Gasteiger partial charge in [0, 0.05) is 31.2 Å². The molecule has 0 aliphatic carbocycles. The number of hydrogen-bond acceptors (Lipinski definition) is 3. The third-order valence-electron chi connectivity index (χ3n) is 2.45. The number of carbonyl (C=O) groups excluding carboxylic acids is 1. The highest BCUT2D eigenvalue weighted by atomic mass is 16.5. The van der Waals surface area contributed by atoms with Crippen LogP contribution in [0.2, 0.25) is 0 Å². The summed E-state index contributed by atoms with van der Waals surface area (Å²) in [5.41, 5.74) is 0.767. The summed E-state index contributed by atoms with van der Waals surface area (Å²) in [6, 6.07) is 7.15. The van der Waals surface area contributed by atoms with Gasteiger partial charge in [0.15, 0.2) is 0 Å². The summed E-state index contributed by atoms with van der Waals surface area (Å²) in [5, 5.41) is 0. The highest BCUT2D eigenvalue weighted by Crippen LogP contribution is 2.20. The molecule has 0 saturated carbocycles. The Labute approximate surface area is 99.3 Å². The van der Waals surface area contributed by atoms with Crippen LogP contribution in [0.25, 0.3) is 0 Å². The van der Waals surface area contributed by atoms with Crippen LogP contribution in [0.1, 0.15) is 0 Å². The third-order valence-corrected chi connectivity index (χ3v) is 2.45. The SMILES string of the molecule is COc1cccc(N(C)C(=O)n2ccnc2)c1. The molecule has 2 rings (SSSR count). The molecule has 0 atom stereocenters. The van der Waals surface area contributed by atoms with Gasteiger partial charge in [-0.2, -0.15) is 0 Å². The smallest absolute Gasteiger partial charge is 0.333 e. The van der Waals surface area contributed by atoms with E-state index in [9.17, 15) is 4.79 Å². The fourth-order valence-corrected chi connectivity index (χ4v) is 1.48. The number of methoxy groups -OCH3 is 1. The lowest BCUT2D eigenvalue weighted by molar-refractivity contribution is 0.249. The highest BCUT2D eigenvalue weighted by molar-refractivity contribution is 5.93. The summed E-state index contributed by atoms with van der Waals surface area (Å²) in [4.78, 5) is 17.4. The van der Waals surface area contributed by atoms with Gasteiger partial charge in [0.1, 0.15) is 12.1 Å². The van der Waals surface area contributed by atoms with E-state index in [1.165, 1.54) is 15.8 Å². The monoisotopic (exact) mass is 231 g/mol. The molecule has 0 N–H and O–H groups in total. The van der Waals surface area contributed by atoms with Crippen molar-refractivity contribution < 1.29 is 9.53 Å². The van der Waals surface area contributed by atoms with Gasteiger partial charge in [0.25, 0.3) is 0 Å². The lowest BCUT2D eigenvalue weighted by atomic mass is 10.3. The molecule has 0 radical (unpaired) electrons. The van der Waals surface area contributed by atoms with Crippen LogP contribution < -0.4 is 9.64 Å². The van der Waals surface area contributed by atoms with Crippen LogP contribution in [0.4, 0.5) is 10.5 Å². The van der Waals surface area contributed by atoms with E-state index in [4.69, 9.17) is 4.74 Å². The predicted molar refractivity (Wildman–Crippen MR) is 64.4 cm³/mol. The van der Waals surface area contributed by atoms with E-state index in [0.29, 0.717) is 5.75 Å². The van der Waals surface area contributed by atoms with E-state index >= 15 is 0 Å². The number of aromatic nitrogens is 2. The zero-order valence-electron chi connectivity index (χ0n) is 9.70. The molecule has 2 aromatic rings. The Morgan fingerprint density at radius 2 is 2.29 bits per heavy atom. The summed E-state index contributed by atoms with van der Waals surface area (Å²) in [7, 11) is 3.30. The first kappa shape index (κ1) is 11.2. The molecule has 0 unspecified atom stereocenters. The van der Waals surface area contributed by atoms with E-state index in [0.717, 1.165) is 5.69 Å². The van der Waals surface area contributed by atoms with Crippen molar-refractivity contribution >= 4 is 11.7 Å². The van der Waals surface area contributed by atoms with Crippen LogP contribution in [0, 0.1) is 0 Å². The van der Waals surface area contributed by atoms with Gasteiger partial charge in [-0.15, -0.1) is 0 Å². The molecule has 1 amide bonds. The number of amides is 1. The Kier molecular flexibility index (Phi) is 3.09. The van der Waals surface area contributed by atoms with Crippen LogP contribution in [0.5, 0.6) is 5.75 Å². The van der Waals surface area contributed by atoms with Crippen LogP contribution >= 0.6 is 0 Å². The van der Waals surface area contributed by atoms with Gasteiger partial charge >= 0.3 is 6.03 Å². The average Bonchev–Trinajstić information content (AvgIpc) is 2.91. The van der Waals surface area contributed by atoms with Crippen molar-refractivity contribution in [1.29, 1.82) is 0 Å². The number of rotatable bonds is 2. The van der Waals surface area contributed by atoms with Gasteiger partial charge in [-0.05, 0) is 12.1 Å². The maximum atomic E-state index is 12.0. The first-order valence-electron chi connectivity index (χ1n) is 5.12. The lowest BCUT2D eigenvalue weighted by Crippen LogP contribution is -2.30. The Bertz CT molecular complexity index is 508. The molecule has 1 heterocycles. The molecule has 1 aromatic heterocycles. The minimum Gasteiger partial charge on any atom is -0.497 e. The molecular weight excluding hydrogens is 218 g/mol. The molecule has 0 aliphatic rings. The maximum absolute atomic E-state index is 12.0. The maximum Gasteiger partial charge on any atom is 0.333 e. The van der Waals surface area contributed by atoms with Crippen LogP contribution in [0.15, 0.2) is 43.0 Å². The van der Waals surface area contributed by atoms with E-state index in [-0.39, 0.29) is 6.03 Å². The second-order valence-corrected chi connectivity index (χ2v) is 3.51. The number of ether oxygens (including phenoxy) is 1. The second kappa shape index (κ2) is 4.69. The quantitative estimate of drug-likeness (QED) is 0.794. The third kappa shape index (κ3) is 2.28. The lowest BCUT2D eigenvalue weighted by Gasteiger charge is -2.17.